The number of nitrogens with zero attached hydrogens (tertiary/aromatic N) is 1. The average Bonchev–Trinajstić information content (AvgIpc) is 2.55. The zero-order valence-corrected chi connectivity index (χ0v) is 15.4. The van der Waals surface area contributed by atoms with Gasteiger partial charge in [-0.1, -0.05) is 34.8 Å². The highest BCUT2D eigenvalue weighted by molar-refractivity contribution is 6.35. The molecule has 2 rings (SSSR count). The van der Waals surface area contributed by atoms with E-state index in [2.05, 4.69) is 5.32 Å². The molecule has 2 aromatic carbocycles. The van der Waals surface area contributed by atoms with E-state index < -0.39 is 22.9 Å². The van der Waals surface area contributed by atoms with Gasteiger partial charge in [0.25, 0.3) is 11.6 Å². The van der Waals surface area contributed by atoms with Crippen LogP contribution in [-0.2, 0) is 9.53 Å². The molecule has 1 atom stereocenters. The molecule has 0 aliphatic heterocycles. The number of benzene rings is 2. The third kappa shape index (κ3) is 5.08. The second kappa shape index (κ2) is 8.35. The number of nitro benzene ring substituents is 1. The van der Waals surface area contributed by atoms with Crippen molar-refractivity contribution in [2.75, 3.05) is 5.32 Å². The zero-order chi connectivity index (χ0) is 19.4. The molecule has 0 bridgehead atoms. The topological polar surface area (TPSA) is 98.5 Å². The largest absolute Gasteiger partial charge is 0.449 e. The highest BCUT2D eigenvalue weighted by Gasteiger charge is 2.21. The number of hydrogen-bond acceptors (Lipinski definition) is 5. The SMILES string of the molecule is C[C@H](OC(=O)c1cc(Cl)cc(Cl)c1)C(=O)Nc1ccc([N+](=O)[O-])cc1Cl. The Morgan fingerprint density at radius 1 is 1.12 bits per heavy atom. The first kappa shape index (κ1) is 20.0. The van der Waals surface area contributed by atoms with Crippen LogP contribution in [-0.4, -0.2) is 22.9 Å². The third-order valence-corrected chi connectivity index (χ3v) is 3.92. The average molecular weight is 418 g/mol. The molecular weight excluding hydrogens is 407 g/mol. The predicted octanol–water partition coefficient (Wildman–Crippen LogP) is 4.74. The van der Waals surface area contributed by atoms with Crippen LogP contribution in [0, 0.1) is 10.1 Å². The molecular formula is C16H11Cl3N2O5. The number of hydrogen-bond donors (Lipinski definition) is 1. The van der Waals surface area contributed by atoms with Crippen molar-refractivity contribution in [3.05, 3.63) is 67.1 Å². The third-order valence-electron chi connectivity index (χ3n) is 3.17. The van der Waals surface area contributed by atoms with Gasteiger partial charge in [0.15, 0.2) is 6.10 Å². The number of esters is 1. The molecule has 0 spiro atoms. The summed E-state index contributed by atoms with van der Waals surface area (Å²) in [6, 6.07) is 7.73. The summed E-state index contributed by atoms with van der Waals surface area (Å²) in [5.74, 6) is -1.45. The lowest BCUT2D eigenvalue weighted by atomic mass is 10.2. The normalized spacial score (nSPS) is 11.5. The first-order valence-corrected chi connectivity index (χ1v) is 8.22. The fourth-order valence-electron chi connectivity index (χ4n) is 1.91. The van der Waals surface area contributed by atoms with Crippen LogP contribution in [0.2, 0.25) is 15.1 Å². The maximum absolute atomic E-state index is 12.2. The monoisotopic (exact) mass is 416 g/mol. The van der Waals surface area contributed by atoms with Crippen molar-refractivity contribution >= 4 is 58.1 Å². The first-order chi connectivity index (χ1) is 12.2. The van der Waals surface area contributed by atoms with Crippen molar-refractivity contribution in [3.8, 4) is 0 Å². The number of anilines is 1. The Labute approximate surface area is 162 Å². The maximum Gasteiger partial charge on any atom is 0.339 e. The number of nitrogens with one attached hydrogen (secondary N) is 1. The van der Waals surface area contributed by atoms with Gasteiger partial charge < -0.3 is 10.1 Å². The highest BCUT2D eigenvalue weighted by Crippen LogP contribution is 2.27. The summed E-state index contributed by atoms with van der Waals surface area (Å²) in [6.45, 7) is 1.36. The smallest absolute Gasteiger partial charge is 0.339 e. The Balaban J connectivity index is 2.05. The van der Waals surface area contributed by atoms with Crippen LogP contribution in [0.5, 0.6) is 0 Å². The second-order valence-electron chi connectivity index (χ2n) is 5.12. The molecule has 136 valence electrons. The van der Waals surface area contributed by atoms with E-state index in [0.717, 1.165) is 6.07 Å². The lowest BCUT2D eigenvalue weighted by Gasteiger charge is -2.14. The quantitative estimate of drug-likeness (QED) is 0.430. The Morgan fingerprint density at radius 2 is 1.73 bits per heavy atom. The number of rotatable bonds is 5. The summed E-state index contributed by atoms with van der Waals surface area (Å²) in [6.07, 6.45) is -1.16. The minimum atomic E-state index is -1.16. The summed E-state index contributed by atoms with van der Waals surface area (Å²) in [4.78, 5) is 34.3. The molecule has 0 aliphatic rings. The van der Waals surface area contributed by atoms with E-state index in [1.807, 2.05) is 0 Å². The number of nitro groups is 1. The molecule has 2 aromatic rings. The summed E-state index contributed by atoms with van der Waals surface area (Å²) in [5.41, 5.74) is 0.0248. The lowest BCUT2D eigenvalue weighted by Crippen LogP contribution is -2.30. The van der Waals surface area contributed by atoms with Gasteiger partial charge in [0.1, 0.15) is 0 Å². The van der Waals surface area contributed by atoms with Gasteiger partial charge in [-0.15, -0.1) is 0 Å². The van der Waals surface area contributed by atoms with E-state index in [-0.39, 0.29) is 32.0 Å². The van der Waals surface area contributed by atoms with Crippen LogP contribution in [0.4, 0.5) is 11.4 Å². The highest BCUT2D eigenvalue weighted by atomic mass is 35.5. The van der Waals surface area contributed by atoms with Crippen LogP contribution in [0.3, 0.4) is 0 Å². The van der Waals surface area contributed by atoms with Crippen LogP contribution in [0.15, 0.2) is 36.4 Å². The fraction of sp³-hybridized carbons (Fsp3) is 0.125. The minimum absolute atomic E-state index is 0.0206. The Morgan fingerprint density at radius 3 is 2.27 bits per heavy atom. The van der Waals surface area contributed by atoms with Crippen LogP contribution >= 0.6 is 34.8 Å². The van der Waals surface area contributed by atoms with Crippen molar-refractivity contribution < 1.29 is 19.2 Å². The Hall–Kier alpha value is -2.35. The molecule has 26 heavy (non-hydrogen) atoms. The summed E-state index contributed by atoms with van der Waals surface area (Å²) in [7, 11) is 0. The maximum atomic E-state index is 12.2. The van der Waals surface area contributed by atoms with Gasteiger partial charge in [-0.2, -0.15) is 0 Å². The number of amides is 1. The van der Waals surface area contributed by atoms with Crippen LogP contribution < -0.4 is 5.32 Å². The minimum Gasteiger partial charge on any atom is -0.449 e. The van der Waals surface area contributed by atoms with Crippen molar-refractivity contribution in [2.45, 2.75) is 13.0 Å². The Bertz CT molecular complexity index is 868. The van der Waals surface area contributed by atoms with Gasteiger partial charge in [-0.25, -0.2) is 4.79 Å². The number of carbonyl (C=O) groups is 2. The number of non-ortho nitro benzene ring substituents is 1. The standard InChI is InChI=1S/C16H11Cl3N2O5/c1-8(26-16(23)9-4-10(17)6-11(18)5-9)15(22)20-14-3-2-12(21(24)25)7-13(14)19/h2-8H,1H3,(H,20,22)/t8-/m0/s1. The molecule has 0 fully saturated rings. The van der Waals surface area contributed by atoms with E-state index >= 15 is 0 Å². The van der Waals surface area contributed by atoms with Gasteiger partial charge in [0.05, 0.1) is 21.2 Å². The van der Waals surface area contributed by atoms with Crippen molar-refractivity contribution in [1.82, 2.24) is 0 Å². The summed E-state index contributed by atoms with van der Waals surface area (Å²) >= 11 is 17.5. The van der Waals surface area contributed by atoms with Gasteiger partial charge in [0.2, 0.25) is 0 Å². The van der Waals surface area contributed by atoms with Crippen molar-refractivity contribution in [2.24, 2.45) is 0 Å². The van der Waals surface area contributed by atoms with Gasteiger partial charge in [-0.3, -0.25) is 14.9 Å². The van der Waals surface area contributed by atoms with Crippen molar-refractivity contribution in [3.63, 3.8) is 0 Å². The molecule has 0 unspecified atom stereocenters. The fourth-order valence-corrected chi connectivity index (χ4v) is 2.66. The van der Waals surface area contributed by atoms with E-state index in [9.17, 15) is 19.7 Å². The van der Waals surface area contributed by atoms with Gasteiger partial charge in [-0.05, 0) is 31.2 Å². The lowest BCUT2D eigenvalue weighted by molar-refractivity contribution is -0.384. The van der Waals surface area contributed by atoms with E-state index in [1.54, 1.807) is 0 Å². The van der Waals surface area contributed by atoms with E-state index in [4.69, 9.17) is 39.5 Å². The number of carbonyl (C=O) groups excluding carboxylic acids is 2. The molecule has 0 radical (unpaired) electrons. The van der Waals surface area contributed by atoms with Gasteiger partial charge >= 0.3 is 5.97 Å². The molecule has 1 N–H and O–H groups in total. The summed E-state index contributed by atoms with van der Waals surface area (Å²) < 4.78 is 5.06. The number of halogens is 3. The first-order valence-electron chi connectivity index (χ1n) is 7.09. The molecule has 0 heterocycles. The van der Waals surface area contributed by atoms with Crippen LogP contribution in [0.25, 0.3) is 0 Å². The molecule has 7 nitrogen and oxygen atoms in total. The molecule has 0 saturated carbocycles. The zero-order valence-electron chi connectivity index (χ0n) is 13.2. The second-order valence-corrected chi connectivity index (χ2v) is 6.40. The van der Waals surface area contributed by atoms with Crippen molar-refractivity contribution in [1.29, 1.82) is 0 Å². The van der Waals surface area contributed by atoms with Gasteiger partial charge in [0, 0.05) is 22.2 Å². The molecule has 0 aliphatic carbocycles. The molecule has 1 amide bonds. The van der Waals surface area contributed by atoms with Crippen LogP contribution in [0.1, 0.15) is 17.3 Å². The molecule has 0 saturated heterocycles. The predicted molar refractivity (Wildman–Crippen MR) is 98.1 cm³/mol. The number of ether oxygens (including phenoxy) is 1. The molecule has 10 heteroatoms. The van der Waals surface area contributed by atoms with E-state index in [0.29, 0.717) is 0 Å². The summed E-state index contributed by atoms with van der Waals surface area (Å²) in [5, 5.41) is 13.6. The Kier molecular flexibility index (Phi) is 6.42. The molecule has 0 aromatic heterocycles. The van der Waals surface area contributed by atoms with E-state index in [1.165, 1.54) is 37.3 Å².